The highest BCUT2D eigenvalue weighted by Gasteiger charge is 2.25. The van der Waals surface area contributed by atoms with E-state index in [4.69, 9.17) is 9.15 Å². The number of ether oxygens (including phenoxy) is 1. The molecule has 0 N–H and O–H groups in total. The molecular weight excluding hydrogens is 494 g/mol. The number of benzene rings is 1. The third-order valence-electron chi connectivity index (χ3n) is 4.78. The topological polar surface area (TPSA) is 93.0 Å². The molecule has 4 rings (SSSR count). The molecule has 0 unspecified atom stereocenters. The Bertz CT molecular complexity index is 1170. The standard InChI is InChI=1S/C19H20BrN3O5S2/c1-30(25,26)13-2-3-14-16(12-13)29-19(21-14)23(7-6-22-8-10-27-11-9-22)18(24)15-4-5-17(20)28-15/h2-5,12H,6-11H2,1H3. The third-order valence-corrected chi connectivity index (χ3v) is 7.36. The van der Waals surface area contributed by atoms with Gasteiger partial charge >= 0.3 is 0 Å². The van der Waals surface area contributed by atoms with E-state index in [1.54, 1.807) is 29.2 Å². The summed E-state index contributed by atoms with van der Waals surface area (Å²) in [7, 11) is -3.33. The lowest BCUT2D eigenvalue weighted by Crippen LogP contribution is -2.43. The van der Waals surface area contributed by atoms with Crippen molar-refractivity contribution in [2.45, 2.75) is 4.90 Å². The maximum atomic E-state index is 13.2. The van der Waals surface area contributed by atoms with Crippen LogP contribution in [0.3, 0.4) is 0 Å². The molecule has 3 aromatic rings. The first-order chi connectivity index (χ1) is 14.3. The quantitative estimate of drug-likeness (QED) is 0.499. The molecule has 0 radical (unpaired) electrons. The number of aromatic nitrogens is 1. The van der Waals surface area contributed by atoms with E-state index in [0.29, 0.717) is 46.3 Å². The molecule has 11 heteroatoms. The number of anilines is 1. The SMILES string of the molecule is CS(=O)(=O)c1ccc2nc(N(CCN3CCOCC3)C(=O)c3ccc(Br)o3)sc2c1. The van der Waals surface area contributed by atoms with Crippen molar-refractivity contribution in [2.24, 2.45) is 0 Å². The number of carbonyl (C=O) groups excluding carboxylic acids is 1. The first-order valence-corrected chi connectivity index (χ1v) is 12.8. The molecule has 8 nitrogen and oxygen atoms in total. The number of thiazole rings is 1. The van der Waals surface area contributed by atoms with Crippen LogP contribution < -0.4 is 4.90 Å². The molecule has 0 spiro atoms. The molecule has 1 saturated heterocycles. The van der Waals surface area contributed by atoms with Crippen molar-refractivity contribution < 1.29 is 22.4 Å². The summed E-state index contributed by atoms with van der Waals surface area (Å²) in [6.45, 7) is 4.07. The van der Waals surface area contributed by atoms with Crippen molar-refractivity contribution in [2.75, 3.05) is 50.5 Å². The van der Waals surface area contributed by atoms with E-state index in [9.17, 15) is 13.2 Å². The van der Waals surface area contributed by atoms with Gasteiger partial charge in [0, 0.05) is 32.4 Å². The molecular formula is C19H20BrN3O5S2. The lowest BCUT2D eigenvalue weighted by molar-refractivity contribution is 0.0390. The van der Waals surface area contributed by atoms with Gasteiger partial charge in [-0.25, -0.2) is 13.4 Å². The Morgan fingerprint density at radius 3 is 2.70 bits per heavy atom. The van der Waals surface area contributed by atoms with Crippen molar-refractivity contribution in [3.05, 3.63) is 40.8 Å². The monoisotopic (exact) mass is 513 g/mol. The third kappa shape index (κ3) is 4.75. The molecule has 30 heavy (non-hydrogen) atoms. The molecule has 2 aromatic heterocycles. The molecule has 1 aromatic carbocycles. The van der Waals surface area contributed by atoms with E-state index >= 15 is 0 Å². The normalized spacial score (nSPS) is 15.5. The summed E-state index contributed by atoms with van der Waals surface area (Å²) < 4.78 is 35.8. The molecule has 0 aliphatic carbocycles. The highest BCUT2D eigenvalue weighted by molar-refractivity contribution is 9.10. The largest absolute Gasteiger partial charge is 0.444 e. The minimum atomic E-state index is -3.33. The molecule has 0 atom stereocenters. The summed E-state index contributed by atoms with van der Waals surface area (Å²) >= 11 is 4.52. The zero-order valence-electron chi connectivity index (χ0n) is 16.2. The second kappa shape index (κ2) is 8.75. The fourth-order valence-electron chi connectivity index (χ4n) is 3.15. The van der Waals surface area contributed by atoms with Crippen LogP contribution in [0.5, 0.6) is 0 Å². The predicted molar refractivity (Wildman–Crippen MR) is 118 cm³/mol. The van der Waals surface area contributed by atoms with Gasteiger partial charge in [-0.15, -0.1) is 0 Å². The van der Waals surface area contributed by atoms with Gasteiger partial charge in [0.2, 0.25) is 0 Å². The Labute approximate surface area is 186 Å². The van der Waals surface area contributed by atoms with E-state index in [2.05, 4.69) is 25.8 Å². The number of morpholine rings is 1. The number of hydrogen-bond acceptors (Lipinski definition) is 8. The van der Waals surface area contributed by atoms with Crippen LogP contribution in [0.25, 0.3) is 10.2 Å². The second-order valence-electron chi connectivity index (χ2n) is 6.91. The predicted octanol–water partition coefficient (Wildman–Crippen LogP) is 3.03. The van der Waals surface area contributed by atoms with E-state index in [-0.39, 0.29) is 16.6 Å². The van der Waals surface area contributed by atoms with Gasteiger partial charge in [-0.3, -0.25) is 14.6 Å². The Balaban J connectivity index is 1.66. The number of rotatable bonds is 6. The van der Waals surface area contributed by atoms with Gasteiger partial charge in [0.25, 0.3) is 5.91 Å². The summed E-state index contributed by atoms with van der Waals surface area (Å²) in [6, 6.07) is 8.08. The second-order valence-corrected chi connectivity index (χ2v) is 10.7. The lowest BCUT2D eigenvalue weighted by atomic mass is 10.3. The van der Waals surface area contributed by atoms with Gasteiger partial charge in [-0.05, 0) is 46.3 Å². The molecule has 3 heterocycles. The maximum absolute atomic E-state index is 13.2. The van der Waals surface area contributed by atoms with Crippen LogP contribution in [0.1, 0.15) is 10.6 Å². The number of amides is 1. The Morgan fingerprint density at radius 2 is 2.03 bits per heavy atom. The number of halogens is 1. The van der Waals surface area contributed by atoms with E-state index in [1.807, 2.05) is 0 Å². The minimum Gasteiger partial charge on any atom is -0.444 e. The Hall–Kier alpha value is -1.79. The Kier molecular flexibility index (Phi) is 6.26. The fourth-order valence-corrected chi connectivity index (χ4v) is 5.21. The summed E-state index contributed by atoms with van der Waals surface area (Å²) in [5.41, 5.74) is 0.646. The van der Waals surface area contributed by atoms with Crippen molar-refractivity contribution >= 4 is 58.4 Å². The smallest absolute Gasteiger partial charge is 0.295 e. The molecule has 1 aliphatic rings. The van der Waals surface area contributed by atoms with Crippen LogP contribution in [0.4, 0.5) is 5.13 Å². The lowest BCUT2D eigenvalue weighted by Gasteiger charge is -2.28. The van der Waals surface area contributed by atoms with Crippen molar-refractivity contribution in [3.63, 3.8) is 0 Å². The molecule has 1 amide bonds. The summed E-state index contributed by atoms with van der Waals surface area (Å²) in [5.74, 6) is -0.0868. The van der Waals surface area contributed by atoms with Crippen LogP contribution >= 0.6 is 27.3 Å². The van der Waals surface area contributed by atoms with E-state index < -0.39 is 9.84 Å². The van der Waals surface area contributed by atoms with E-state index in [0.717, 1.165) is 13.1 Å². The van der Waals surface area contributed by atoms with Crippen LogP contribution in [0, 0.1) is 0 Å². The van der Waals surface area contributed by atoms with Gasteiger partial charge in [0.1, 0.15) is 0 Å². The first kappa shape index (κ1) is 21.4. The van der Waals surface area contributed by atoms with Crippen LogP contribution in [-0.4, -0.2) is 69.9 Å². The minimum absolute atomic E-state index is 0.208. The number of hydrogen-bond donors (Lipinski definition) is 0. The van der Waals surface area contributed by atoms with Crippen molar-refractivity contribution in [1.29, 1.82) is 0 Å². The number of carbonyl (C=O) groups is 1. The van der Waals surface area contributed by atoms with Gasteiger partial charge in [0.05, 0.1) is 28.3 Å². The molecule has 1 fully saturated rings. The van der Waals surface area contributed by atoms with Gasteiger partial charge in [0.15, 0.2) is 25.4 Å². The zero-order chi connectivity index (χ0) is 21.3. The maximum Gasteiger partial charge on any atom is 0.295 e. The van der Waals surface area contributed by atoms with E-state index in [1.165, 1.54) is 23.7 Å². The number of sulfone groups is 1. The fraction of sp³-hybridized carbons (Fsp3) is 0.368. The highest BCUT2D eigenvalue weighted by Crippen LogP contribution is 2.32. The number of fused-ring (bicyclic) bond motifs is 1. The summed E-state index contributed by atoms with van der Waals surface area (Å²) in [6.07, 6.45) is 1.17. The van der Waals surface area contributed by atoms with Crippen LogP contribution in [0.15, 0.2) is 44.3 Å². The van der Waals surface area contributed by atoms with Gasteiger partial charge in [-0.2, -0.15) is 0 Å². The summed E-state index contributed by atoms with van der Waals surface area (Å²) in [5, 5.41) is 0.501. The highest BCUT2D eigenvalue weighted by atomic mass is 79.9. The van der Waals surface area contributed by atoms with Gasteiger partial charge < -0.3 is 9.15 Å². The molecule has 0 bridgehead atoms. The van der Waals surface area contributed by atoms with Crippen molar-refractivity contribution in [3.8, 4) is 0 Å². The average Bonchev–Trinajstić information content (AvgIpc) is 3.33. The average molecular weight is 514 g/mol. The molecule has 160 valence electrons. The van der Waals surface area contributed by atoms with Crippen LogP contribution in [0.2, 0.25) is 0 Å². The zero-order valence-corrected chi connectivity index (χ0v) is 19.4. The first-order valence-electron chi connectivity index (χ1n) is 9.29. The van der Waals surface area contributed by atoms with Gasteiger partial charge in [-0.1, -0.05) is 11.3 Å². The van der Waals surface area contributed by atoms with Crippen LogP contribution in [-0.2, 0) is 14.6 Å². The Morgan fingerprint density at radius 1 is 1.27 bits per heavy atom. The molecule has 0 saturated carbocycles. The number of furan rings is 1. The van der Waals surface area contributed by atoms with Crippen molar-refractivity contribution in [1.82, 2.24) is 9.88 Å². The molecule has 1 aliphatic heterocycles. The number of nitrogens with zero attached hydrogens (tertiary/aromatic N) is 3. The summed E-state index contributed by atoms with van der Waals surface area (Å²) in [4.78, 5) is 21.8.